The molecule has 1 saturated heterocycles. The van der Waals surface area contributed by atoms with Gasteiger partial charge in [0.2, 0.25) is 5.95 Å². The van der Waals surface area contributed by atoms with Crippen LogP contribution in [-0.4, -0.2) is 53.6 Å². The molecule has 0 radical (unpaired) electrons. The van der Waals surface area contributed by atoms with Gasteiger partial charge in [-0.1, -0.05) is 26.0 Å². The minimum absolute atomic E-state index is 0.0213. The van der Waals surface area contributed by atoms with Gasteiger partial charge >= 0.3 is 0 Å². The molecular weight excluding hydrogens is 328 g/mol. The molecule has 0 bridgehead atoms. The molecule has 3 rings (SSSR count). The Morgan fingerprint density at radius 2 is 1.85 bits per heavy atom. The van der Waals surface area contributed by atoms with Crippen molar-refractivity contribution in [1.29, 1.82) is 0 Å². The third kappa shape index (κ3) is 4.31. The van der Waals surface area contributed by atoms with Gasteiger partial charge in [-0.25, -0.2) is 9.97 Å². The maximum atomic E-state index is 12.5. The van der Waals surface area contributed by atoms with Crippen molar-refractivity contribution in [3.05, 3.63) is 47.8 Å². The Kier molecular flexibility index (Phi) is 5.71. The summed E-state index contributed by atoms with van der Waals surface area (Å²) in [5.74, 6) is 1.97. The maximum Gasteiger partial charge on any atom is 0.260 e. The highest BCUT2D eigenvalue weighted by Gasteiger charge is 2.22. The number of nitrogens with zero attached hydrogens (tertiary/aromatic N) is 4. The number of amides is 1. The molecule has 1 aliphatic rings. The predicted molar refractivity (Wildman–Crippen MR) is 102 cm³/mol. The van der Waals surface area contributed by atoms with E-state index in [1.807, 2.05) is 24.0 Å². The standard InChI is InChI=1S/C20H26N4O2/c1-15(2)17-6-5-16(3)18(13-17)26-14-19(25)23-9-11-24(12-10-23)20-21-7-4-8-22-20/h4-8,13,15H,9-12,14H2,1-3H3. The zero-order valence-corrected chi connectivity index (χ0v) is 15.7. The van der Waals surface area contributed by atoms with Gasteiger partial charge in [0, 0.05) is 38.6 Å². The van der Waals surface area contributed by atoms with Gasteiger partial charge in [-0.15, -0.1) is 0 Å². The van der Waals surface area contributed by atoms with E-state index >= 15 is 0 Å². The minimum atomic E-state index is 0.0213. The van der Waals surface area contributed by atoms with Crippen molar-refractivity contribution in [3.63, 3.8) is 0 Å². The number of ether oxygens (including phenoxy) is 1. The van der Waals surface area contributed by atoms with Gasteiger partial charge in [0.25, 0.3) is 5.91 Å². The number of rotatable bonds is 5. The topological polar surface area (TPSA) is 58.6 Å². The van der Waals surface area contributed by atoms with Gasteiger partial charge in [0.1, 0.15) is 5.75 Å². The molecule has 6 heteroatoms. The van der Waals surface area contributed by atoms with Gasteiger partial charge in [0.15, 0.2) is 6.61 Å². The zero-order chi connectivity index (χ0) is 18.5. The first-order valence-corrected chi connectivity index (χ1v) is 9.07. The van der Waals surface area contributed by atoms with Crippen LogP contribution in [0.15, 0.2) is 36.7 Å². The van der Waals surface area contributed by atoms with Crippen molar-refractivity contribution < 1.29 is 9.53 Å². The van der Waals surface area contributed by atoms with Crippen LogP contribution in [0.1, 0.15) is 30.9 Å². The lowest BCUT2D eigenvalue weighted by Crippen LogP contribution is -2.50. The fourth-order valence-electron chi connectivity index (χ4n) is 2.97. The number of aryl methyl sites for hydroxylation is 1. The van der Waals surface area contributed by atoms with Crippen molar-refractivity contribution in [2.75, 3.05) is 37.7 Å². The summed E-state index contributed by atoms with van der Waals surface area (Å²) >= 11 is 0. The Morgan fingerprint density at radius 3 is 2.50 bits per heavy atom. The highest BCUT2D eigenvalue weighted by atomic mass is 16.5. The fraction of sp³-hybridized carbons (Fsp3) is 0.450. The average molecular weight is 354 g/mol. The summed E-state index contributed by atoms with van der Waals surface area (Å²) in [7, 11) is 0. The van der Waals surface area contributed by atoms with Crippen molar-refractivity contribution in [3.8, 4) is 5.75 Å². The number of piperazine rings is 1. The van der Waals surface area contributed by atoms with Gasteiger partial charge in [-0.05, 0) is 36.1 Å². The Bertz CT molecular complexity index is 741. The van der Waals surface area contributed by atoms with Crippen LogP contribution in [0.2, 0.25) is 0 Å². The molecule has 1 aromatic heterocycles. The van der Waals surface area contributed by atoms with Gasteiger partial charge in [-0.3, -0.25) is 4.79 Å². The second-order valence-electron chi connectivity index (χ2n) is 6.88. The lowest BCUT2D eigenvalue weighted by Gasteiger charge is -2.34. The molecule has 0 aliphatic carbocycles. The SMILES string of the molecule is Cc1ccc(C(C)C)cc1OCC(=O)N1CCN(c2ncccn2)CC1. The van der Waals surface area contributed by atoms with Crippen LogP contribution in [0, 0.1) is 6.92 Å². The highest BCUT2D eigenvalue weighted by molar-refractivity contribution is 5.78. The fourth-order valence-corrected chi connectivity index (χ4v) is 2.97. The molecule has 6 nitrogen and oxygen atoms in total. The van der Waals surface area contributed by atoms with Crippen LogP contribution in [0.5, 0.6) is 5.75 Å². The van der Waals surface area contributed by atoms with E-state index in [-0.39, 0.29) is 12.5 Å². The number of hydrogen-bond acceptors (Lipinski definition) is 5. The summed E-state index contributed by atoms with van der Waals surface area (Å²) in [4.78, 5) is 25.0. The molecule has 0 unspecified atom stereocenters. The van der Waals surface area contributed by atoms with E-state index in [0.717, 1.165) is 30.4 Å². The summed E-state index contributed by atoms with van der Waals surface area (Å²) in [6.07, 6.45) is 3.47. The van der Waals surface area contributed by atoms with Crippen LogP contribution in [0.25, 0.3) is 0 Å². The van der Waals surface area contributed by atoms with E-state index in [9.17, 15) is 4.79 Å². The van der Waals surface area contributed by atoms with Gasteiger partial charge in [0.05, 0.1) is 0 Å². The number of aromatic nitrogens is 2. The molecule has 0 spiro atoms. The minimum Gasteiger partial charge on any atom is -0.483 e. The first-order valence-electron chi connectivity index (χ1n) is 9.07. The molecule has 1 aromatic carbocycles. The molecule has 2 aromatic rings. The zero-order valence-electron chi connectivity index (χ0n) is 15.7. The summed E-state index contributed by atoms with van der Waals surface area (Å²) < 4.78 is 5.82. The Morgan fingerprint density at radius 1 is 1.15 bits per heavy atom. The van der Waals surface area contributed by atoms with Gasteiger partial charge in [-0.2, -0.15) is 0 Å². The molecule has 1 amide bonds. The maximum absolute atomic E-state index is 12.5. The number of benzene rings is 1. The second kappa shape index (κ2) is 8.17. The van der Waals surface area contributed by atoms with E-state index in [2.05, 4.69) is 34.8 Å². The van der Waals surface area contributed by atoms with Crippen LogP contribution >= 0.6 is 0 Å². The van der Waals surface area contributed by atoms with Crippen LogP contribution in [0.4, 0.5) is 5.95 Å². The van der Waals surface area contributed by atoms with E-state index in [1.54, 1.807) is 18.5 Å². The molecule has 1 fully saturated rings. The van der Waals surface area contributed by atoms with E-state index in [0.29, 0.717) is 19.0 Å². The van der Waals surface area contributed by atoms with Gasteiger partial charge < -0.3 is 14.5 Å². The van der Waals surface area contributed by atoms with Crippen molar-refractivity contribution in [2.45, 2.75) is 26.7 Å². The van der Waals surface area contributed by atoms with E-state index < -0.39 is 0 Å². The van der Waals surface area contributed by atoms with Crippen LogP contribution < -0.4 is 9.64 Å². The lowest BCUT2D eigenvalue weighted by molar-refractivity contribution is -0.133. The predicted octanol–water partition coefficient (Wildman–Crippen LogP) is 2.64. The van der Waals surface area contributed by atoms with Crippen LogP contribution in [-0.2, 0) is 4.79 Å². The molecule has 26 heavy (non-hydrogen) atoms. The smallest absolute Gasteiger partial charge is 0.260 e. The average Bonchev–Trinajstić information content (AvgIpc) is 2.67. The Balaban J connectivity index is 1.53. The highest BCUT2D eigenvalue weighted by Crippen LogP contribution is 2.24. The third-order valence-corrected chi connectivity index (χ3v) is 4.70. The lowest BCUT2D eigenvalue weighted by atomic mass is 10.0. The number of carbonyl (C=O) groups excluding carboxylic acids is 1. The Labute approximate surface area is 154 Å². The largest absolute Gasteiger partial charge is 0.483 e. The van der Waals surface area contributed by atoms with Crippen molar-refractivity contribution in [1.82, 2.24) is 14.9 Å². The first kappa shape index (κ1) is 18.2. The molecule has 2 heterocycles. The summed E-state index contributed by atoms with van der Waals surface area (Å²) in [6.45, 7) is 9.16. The molecular formula is C20H26N4O2. The summed E-state index contributed by atoms with van der Waals surface area (Å²) in [6, 6.07) is 8.00. The van der Waals surface area contributed by atoms with Crippen molar-refractivity contribution in [2.24, 2.45) is 0 Å². The molecule has 1 aliphatic heterocycles. The molecule has 0 atom stereocenters. The van der Waals surface area contributed by atoms with E-state index in [1.165, 1.54) is 5.56 Å². The van der Waals surface area contributed by atoms with E-state index in [4.69, 9.17) is 4.74 Å². The number of anilines is 1. The second-order valence-corrected chi connectivity index (χ2v) is 6.88. The van der Waals surface area contributed by atoms with Crippen molar-refractivity contribution >= 4 is 11.9 Å². The Hall–Kier alpha value is -2.63. The normalized spacial score (nSPS) is 14.6. The number of hydrogen-bond donors (Lipinski definition) is 0. The monoisotopic (exact) mass is 354 g/mol. The third-order valence-electron chi connectivity index (χ3n) is 4.70. The quantitative estimate of drug-likeness (QED) is 0.826. The first-order chi connectivity index (χ1) is 12.5. The molecule has 0 saturated carbocycles. The van der Waals surface area contributed by atoms with Crippen LogP contribution in [0.3, 0.4) is 0 Å². The molecule has 138 valence electrons. The molecule has 0 N–H and O–H groups in total. The summed E-state index contributed by atoms with van der Waals surface area (Å²) in [5.41, 5.74) is 2.27. The summed E-state index contributed by atoms with van der Waals surface area (Å²) in [5, 5.41) is 0. The number of carbonyl (C=O) groups is 1.